The SMILES string of the molecule is COCCNCc1noc2c1Cc1ccc(C)cc1-2. The first-order valence-corrected chi connectivity index (χ1v) is 6.56. The molecule has 0 radical (unpaired) electrons. The largest absolute Gasteiger partial charge is 0.383 e. The summed E-state index contributed by atoms with van der Waals surface area (Å²) in [7, 11) is 1.70. The lowest BCUT2D eigenvalue weighted by atomic mass is 10.1. The second kappa shape index (κ2) is 5.15. The lowest BCUT2D eigenvalue weighted by molar-refractivity contribution is 0.199. The van der Waals surface area contributed by atoms with Crippen LogP contribution in [0.4, 0.5) is 0 Å². The molecule has 2 aromatic rings. The summed E-state index contributed by atoms with van der Waals surface area (Å²) < 4.78 is 10.5. The van der Waals surface area contributed by atoms with Crippen LogP contribution < -0.4 is 5.32 Å². The molecule has 0 unspecified atom stereocenters. The van der Waals surface area contributed by atoms with Crippen molar-refractivity contribution in [3.8, 4) is 11.3 Å². The van der Waals surface area contributed by atoms with Gasteiger partial charge >= 0.3 is 0 Å². The predicted octanol–water partition coefficient (Wildman–Crippen LogP) is 2.29. The molecule has 0 bridgehead atoms. The molecule has 1 aromatic heterocycles. The van der Waals surface area contributed by atoms with Crippen LogP contribution in [0.5, 0.6) is 0 Å². The van der Waals surface area contributed by atoms with Gasteiger partial charge in [0.25, 0.3) is 0 Å². The number of nitrogens with zero attached hydrogens (tertiary/aromatic N) is 1. The number of benzene rings is 1. The summed E-state index contributed by atoms with van der Waals surface area (Å²) in [5, 5.41) is 7.49. The van der Waals surface area contributed by atoms with Gasteiger partial charge in [0.1, 0.15) is 5.69 Å². The van der Waals surface area contributed by atoms with E-state index >= 15 is 0 Å². The van der Waals surface area contributed by atoms with Crippen molar-refractivity contribution in [1.82, 2.24) is 10.5 Å². The highest BCUT2D eigenvalue weighted by molar-refractivity contribution is 5.73. The van der Waals surface area contributed by atoms with E-state index in [2.05, 4.69) is 35.6 Å². The van der Waals surface area contributed by atoms with Gasteiger partial charge in [-0.2, -0.15) is 0 Å². The molecular formula is C15H18N2O2. The van der Waals surface area contributed by atoms with E-state index in [1.54, 1.807) is 7.11 Å². The summed E-state index contributed by atoms with van der Waals surface area (Å²) >= 11 is 0. The molecule has 0 amide bonds. The van der Waals surface area contributed by atoms with E-state index in [1.807, 2.05) is 0 Å². The summed E-state index contributed by atoms with van der Waals surface area (Å²) in [4.78, 5) is 0. The van der Waals surface area contributed by atoms with Crippen molar-refractivity contribution in [3.63, 3.8) is 0 Å². The van der Waals surface area contributed by atoms with Crippen LogP contribution in [0, 0.1) is 6.92 Å². The number of ether oxygens (including phenoxy) is 1. The highest BCUT2D eigenvalue weighted by Crippen LogP contribution is 2.38. The number of aryl methyl sites for hydroxylation is 1. The first-order valence-electron chi connectivity index (χ1n) is 6.56. The highest BCUT2D eigenvalue weighted by Gasteiger charge is 2.26. The lowest BCUT2D eigenvalue weighted by Crippen LogP contribution is -2.19. The molecule has 1 N–H and O–H groups in total. The molecule has 100 valence electrons. The van der Waals surface area contributed by atoms with Gasteiger partial charge in [-0.15, -0.1) is 0 Å². The van der Waals surface area contributed by atoms with Crippen molar-refractivity contribution in [1.29, 1.82) is 0 Å². The monoisotopic (exact) mass is 258 g/mol. The molecule has 0 fully saturated rings. The number of nitrogens with one attached hydrogen (secondary N) is 1. The van der Waals surface area contributed by atoms with E-state index in [0.717, 1.165) is 31.0 Å². The van der Waals surface area contributed by atoms with Gasteiger partial charge in [-0.25, -0.2) is 0 Å². The van der Waals surface area contributed by atoms with Crippen LogP contribution in [0.3, 0.4) is 0 Å². The van der Waals surface area contributed by atoms with Crippen molar-refractivity contribution >= 4 is 0 Å². The smallest absolute Gasteiger partial charge is 0.170 e. The summed E-state index contributed by atoms with van der Waals surface area (Å²) in [6, 6.07) is 6.51. The molecule has 1 aliphatic carbocycles. The molecule has 1 heterocycles. The van der Waals surface area contributed by atoms with E-state index in [4.69, 9.17) is 9.26 Å². The van der Waals surface area contributed by atoms with Gasteiger partial charge in [0.2, 0.25) is 0 Å². The summed E-state index contributed by atoms with van der Waals surface area (Å²) in [5.74, 6) is 0.947. The zero-order chi connectivity index (χ0) is 13.2. The minimum atomic E-state index is 0.708. The van der Waals surface area contributed by atoms with Crippen LogP contribution >= 0.6 is 0 Å². The molecule has 0 saturated heterocycles. The number of aromatic nitrogens is 1. The van der Waals surface area contributed by atoms with Gasteiger partial charge in [-0.05, 0) is 18.6 Å². The maximum atomic E-state index is 5.52. The third-order valence-electron chi connectivity index (χ3n) is 3.52. The van der Waals surface area contributed by atoms with E-state index in [-0.39, 0.29) is 0 Å². The second-order valence-electron chi connectivity index (χ2n) is 4.94. The Hall–Kier alpha value is -1.65. The number of hydrogen-bond donors (Lipinski definition) is 1. The van der Waals surface area contributed by atoms with Gasteiger partial charge in [0.15, 0.2) is 5.76 Å². The normalized spacial score (nSPS) is 12.5. The minimum Gasteiger partial charge on any atom is -0.383 e. The average molecular weight is 258 g/mol. The third kappa shape index (κ3) is 2.29. The number of rotatable bonds is 5. The molecule has 3 rings (SSSR count). The molecular weight excluding hydrogens is 240 g/mol. The molecule has 0 aliphatic heterocycles. The summed E-state index contributed by atoms with van der Waals surface area (Å²) in [6.07, 6.45) is 0.926. The Bertz CT molecular complexity index is 590. The highest BCUT2D eigenvalue weighted by atomic mass is 16.5. The maximum absolute atomic E-state index is 5.52. The van der Waals surface area contributed by atoms with Gasteiger partial charge in [0, 0.05) is 37.7 Å². The number of hydrogen-bond acceptors (Lipinski definition) is 4. The zero-order valence-corrected chi connectivity index (χ0v) is 11.3. The lowest BCUT2D eigenvalue weighted by Gasteiger charge is -2.02. The van der Waals surface area contributed by atoms with Crippen LogP contribution in [0.1, 0.15) is 22.4 Å². The van der Waals surface area contributed by atoms with E-state index in [0.29, 0.717) is 6.61 Å². The van der Waals surface area contributed by atoms with Crippen molar-refractivity contribution in [3.05, 3.63) is 40.6 Å². The molecule has 19 heavy (non-hydrogen) atoms. The van der Waals surface area contributed by atoms with Crippen molar-refractivity contribution in [2.75, 3.05) is 20.3 Å². The second-order valence-corrected chi connectivity index (χ2v) is 4.94. The molecule has 4 heteroatoms. The fraction of sp³-hybridized carbons (Fsp3) is 0.400. The van der Waals surface area contributed by atoms with E-state index in [1.165, 1.54) is 22.3 Å². The van der Waals surface area contributed by atoms with Gasteiger partial charge in [0.05, 0.1) is 6.61 Å². The average Bonchev–Trinajstić information content (AvgIpc) is 2.94. The summed E-state index contributed by atoms with van der Waals surface area (Å²) in [5.41, 5.74) is 6.03. The van der Waals surface area contributed by atoms with Gasteiger partial charge in [-0.3, -0.25) is 0 Å². The first-order chi connectivity index (χ1) is 9.29. The topological polar surface area (TPSA) is 47.3 Å². The molecule has 0 saturated carbocycles. The fourth-order valence-electron chi connectivity index (χ4n) is 2.50. The predicted molar refractivity (Wildman–Crippen MR) is 73.1 cm³/mol. The number of methoxy groups -OCH3 is 1. The van der Waals surface area contributed by atoms with Crippen LogP contribution in [0.25, 0.3) is 11.3 Å². The van der Waals surface area contributed by atoms with E-state index in [9.17, 15) is 0 Å². The van der Waals surface area contributed by atoms with Crippen LogP contribution in [-0.4, -0.2) is 25.4 Å². The Morgan fingerprint density at radius 1 is 1.42 bits per heavy atom. The first kappa shape index (κ1) is 12.4. The minimum absolute atomic E-state index is 0.708. The van der Waals surface area contributed by atoms with Gasteiger partial charge < -0.3 is 14.6 Å². The molecule has 4 nitrogen and oxygen atoms in total. The Balaban J connectivity index is 1.78. The van der Waals surface area contributed by atoms with Crippen molar-refractivity contribution in [2.24, 2.45) is 0 Å². The fourth-order valence-corrected chi connectivity index (χ4v) is 2.50. The van der Waals surface area contributed by atoms with E-state index < -0.39 is 0 Å². The molecule has 1 aliphatic rings. The molecule has 0 atom stereocenters. The Labute approximate surface area is 112 Å². The van der Waals surface area contributed by atoms with Crippen LogP contribution in [0.15, 0.2) is 22.7 Å². The van der Waals surface area contributed by atoms with Crippen LogP contribution in [-0.2, 0) is 17.7 Å². The molecule has 0 spiro atoms. The Morgan fingerprint density at radius 3 is 3.16 bits per heavy atom. The Kier molecular flexibility index (Phi) is 3.36. The quantitative estimate of drug-likeness (QED) is 0.713. The number of fused-ring (bicyclic) bond motifs is 3. The maximum Gasteiger partial charge on any atom is 0.170 e. The third-order valence-corrected chi connectivity index (χ3v) is 3.52. The standard InChI is InChI=1S/C15H18N2O2/c1-10-3-4-11-8-13-14(9-16-5-6-18-2)17-19-15(13)12(11)7-10/h3-4,7,16H,5-6,8-9H2,1-2H3. The van der Waals surface area contributed by atoms with Crippen LogP contribution in [0.2, 0.25) is 0 Å². The molecule has 1 aromatic carbocycles. The van der Waals surface area contributed by atoms with Crippen molar-refractivity contribution in [2.45, 2.75) is 19.9 Å². The van der Waals surface area contributed by atoms with Crippen molar-refractivity contribution < 1.29 is 9.26 Å². The summed E-state index contributed by atoms with van der Waals surface area (Å²) in [6.45, 7) is 4.36. The zero-order valence-electron chi connectivity index (χ0n) is 11.3. The Morgan fingerprint density at radius 2 is 2.32 bits per heavy atom. The van der Waals surface area contributed by atoms with Gasteiger partial charge in [-0.1, -0.05) is 22.9 Å².